The number of rotatable bonds is 5. The summed E-state index contributed by atoms with van der Waals surface area (Å²) in [5.74, 6) is 1.10. The third kappa shape index (κ3) is 4.76. The van der Waals surface area contributed by atoms with Gasteiger partial charge in [0.25, 0.3) is 0 Å². The maximum absolute atomic E-state index is 12.0. The molecule has 0 aromatic heterocycles. The molecule has 1 amide bonds. The Morgan fingerprint density at radius 2 is 1.74 bits per heavy atom. The van der Waals surface area contributed by atoms with Crippen molar-refractivity contribution < 1.29 is 14.3 Å². The Morgan fingerprint density at radius 3 is 2.30 bits per heavy atom. The van der Waals surface area contributed by atoms with Crippen LogP contribution >= 0.6 is 11.6 Å². The van der Waals surface area contributed by atoms with Crippen LogP contribution in [0.2, 0.25) is 5.02 Å². The van der Waals surface area contributed by atoms with Crippen LogP contribution in [0.15, 0.2) is 42.5 Å². The summed E-state index contributed by atoms with van der Waals surface area (Å²) in [7, 11) is 3.16. The third-order valence-electron chi connectivity index (χ3n) is 3.25. The van der Waals surface area contributed by atoms with Gasteiger partial charge in [-0.25, -0.2) is 0 Å². The lowest BCUT2D eigenvalue weighted by Crippen LogP contribution is -2.08. The maximum Gasteiger partial charge on any atom is 0.248 e. The quantitative estimate of drug-likeness (QED) is 0.830. The summed E-state index contributed by atoms with van der Waals surface area (Å²) in [5.41, 5.74) is 2.44. The Bertz CT molecular complexity index is 719. The molecule has 120 valence electrons. The Labute approximate surface area is 140 Å². The molecular weight excluding hydrogens is 314 g/mol. The molecule has 0 atom stereocenters. The highest BCUT2D eigenvalue weighted by atomic mass is 35.5. The molecule has 0 saturated heterocycles. The van der Waals surface area contributed by atoms with Crippen molar-refractivity contribution in [2.45, 2.75) is 6.92 Å². The van der Waals surface area contributed by atoms with E-state index in [2.05, 4.69) is 5.32 Å². The van der Waals surface area contributed by atoms with Crippen LogP contribution in [-0.2, 0) is 4.79 Å². The molecule has 0 bridgehead atoms. The zero-order valence-electron chi connectivity index (χ0n) is 13.2. The number of aryl methyl sites for hydroxylation is 1. The number of hydrogen-bond acceptors (Lipinski definition) is 3. The van der Waals surface area contributed by atoms with Crippen molar-refractivity contribution in [3.63, 3.8) is 0 Å². The lowest BCUT2D eigenvalue weighted by molar-refractivity contribution is -0.111. The first-order valence-corrected chi connectivity index (χ1v) is 7.38. The number of hydrogen-bond donors (Lipinski definition) is 1. The minimum absolute atomic E-state index is 0.225. The Hall–Kier alpha value is -2.46. The second-order valence-electron chi connectivity index (χ2n) is 4.93. The van der Waals surface area contributed by atoms with E-state index in [-0.39, 0.29) is 5.91 Å². The fourth-order valence-corrected chi connectivity index (χ4v) is 2.27. The molecule has 2 aromatic carbocycles. The zero-order chi connectivity index (χ0) is 16.8. The third-order valence-corrected chi connectivity index (χ3v) is 3.48. The molecule has 0 spiro atoms. The number of halogens is 1. The SMILES string of the molecule is COc1cc(/C=C/C(=O)Nc2ccc(Cl)cc2C)cc(OC)c1. The van der Waals surface area contributed by atoms with Crippen molar-refractivity contribution in [3.8, 4) is 11.5 Å². The van der Waals surface area contributed by atoms with Crippen molar-refractivity contribution in [2.24, 2.45) is 0 Å². The molecule has 23 heavy (non-hydrogen) atoms. The number of benzene rings is 2. The van der Waals surface area contributed by atoms with Gasteiger partial charge >= 0.3 is 0 Å². The van der Waals surface area contributed by atoms with E-state index in [1.807, 2.05) is 19.1 Å². The van der Waals surface area contributed by atoms with Crippen LogP contribution in [0, 0.1) is 6.92 Å². The highest BCUT2D eigenvalue weighted by Crippen LogP contribution is 2.23. The predicted molar refractivity (Wildman–Crippen MR) is 93.4 cm³/mol. The van der Waals surface area contributed by atoms with E-state index in [9.17, 15) is 4.79 Å². The van der Waals surface area contributed by atoms with Gasteiger partial charge in [0.05, 0.1) is 14.2 Å². The fraction of sp³-hybridized carbons (Fsp3) is 0.167. The predicted octanol–water partition coefficient (Wildman–Crippen LogP) is 4.32. The smallest absolute Gasteiger partial charge is 0.248 e. The van der Waals surface area contributed by atoms with Gasteiger partial charge in [0, 0.05) is 22.9 Å². The molecule has 0 unspecified atom stereocenters. The normalized spacial score (nSPS) is 10.6. The van der Waals surface area contributed by atoms with Crippen molar-refractivity contribution in [2.75, 3.05) is 19.5 Å². The van der Waals surface area contributed by atoms with Gasteiger partial charge in [0.2, 0.25) is 5.91 Å². The zero-order valence-corrected chi connectivity index (χ0v) is 14.0. The van der Waals surface area contributed by atoms with Crippen LogP contribution in [0.1, 0.15) is 11.1 Å². The van der Waals surface area contributed by atoms with Gasteiger partial charge in [-0.2, -0.15) is 0 Å². The van der Waals surface area contributed by atoms with Crippen LogP contribution in [0.5, 0.6) is 11.5 Å². The minimum Gasteiger partial charge on any atom is -0.497 e. The summed E-state index contributed by atoms with van der Waals surface area (Å²) >= 11 is 5.90. The first kappa shape index (κ1) is 16.9. The van der Waals surface area contributed by atoms with Crippen LogP contribution < -0.4 is 14.8 Å². The number of anilines is 1. The molecular formula is C18H18ClNO3. The van der Waals surface area contributed by atoms with E-state index in [1.165, 1.54) is 6.08 Å². The Morgan fingerprint density at radius 1 is 1.09 bits per heavy atom. The lowest BCUT2D eigenvalue weighted by Gasteiger charge is -2.07. The highest BCUT2D eigenvalue weighted by molar-refractivity contribution is 6.30. The topological polar surface area (TPSA) is 47.6 Å². The van der Waals surface area contributed by atoms with E-state index in [0.717, 1.165) is 16.8 Å². The molecule has 0 saturated carbocycles. The van der Waals surface area contributed by atoms with Crippen LogP contribution in [0.4, 0.5) is 5.69 Å². The van der Waals surface area contributed by atoms with E-state index in [1.54, 1.807) is 44.6 Å². The van der Waals surface area contributed by atoms with Crippen molar-refractivity contribution in [1.29, 1.82) is 0 Å². The van der Waals surface area contributed by atoms with Gasteiger partial charge < -0.3 is 14.8 Å². The lowest BCUT2D eigenvalue weighted by atomic mass is 10.1. The standard InChI is InChI=1S/C18H18ClNO3/c1-12-8-14(19)5-6-17(12)20-18(21)7-4-13-9-15(22-2)11-16(10-13)23-3/h4-11H,1-3H3,(H,20,21)/b7-4+. The molecule has 0 fully saturated rings. The summed E-state index contributed by atoms with van der Waals surface area (Å²) in [6, 6.07) is 10.7. The summed E-state index contributed by atoms with van der Waals surface area (Å²) < 4.78 is 10.4. The van der Waals surface area contributed by atoms with Gasteiger partial charge in [0.15, 0.2) is 0 Å². The Kier molecular flexibility index (Phi) is 5.66. The van der Waals surface area contributed by atoms with Crippen LogP contribution in [0.25, 0.3) is 6.08 Å². The number of amides is 1. The number of carbonyl (C=O) groups excluding carboxylic acids is 1. The van der Waals surface area contributed by atoms with E-state index >= 15 is 0 Å². The van der Waals surface area contributed by atoms with E-state index in [4.69, 9.17) is 21.1 Å². The van der Waals surface area contributed by atoms with Gasteiger partial charge in [0.1, 0.15) is 11.5 Å². The van der Waals surface area contributed by atoms with Crippen molar-refractivity contribution in [3.05, 3.63) is 58.6 Å². The molecule has 4 nitrogen and oxygen atoms in total. The first-order valence-electron chi connectivity index (χ1n) is 7.00. The van der Waals surface area contributed by atoms with Crippen molar-refractivity contribution in [1.82, 2.24) is 0 Å². The van der Waals surface area contributed by atoms with Gasteiger partial charge in [-0.05, 0) is 54.5 Å². The van der Waals surface area contributed by atoms with Crippen molar-refractivity contribution >= 4 is 29.3 Å². The summed E-state index contributed by atoms with van der Waals surface area (Å²) in [4.78, 5) is 12.0. The van der Waals surface area contributed by atoms with Crippen LogP contribution in [0.3, 0.4) is 0 Å². The van der Waals surface area contributed by atoms with E-state index < -0.39 is 0 Å². The molecule has 0 aliphatic carbocycles. The van der Waals surface area contributed by atoms with Crippen LogP contribution in [-0.4, -0.2) is 20.1 Å². The monoisotopic (exact) mass is 331 g/mol. The van der Waals surface area contributed by atoms with Gasteiger partial charge in [-0.3, -0.25) is 4.79 Å². The maximum atomic E-state index is 12.0. The first-order chi connectivity index (χ1) is 11.0. The Balaban J connectivity index is 2.11. The molecule has 0 heterocycles. The number of carbonyl (C=O) groups is 1. The molecule has 5 heteroatoms. The molecule has 2 rings (SSSR count). The number of methoxy groups -OCH3 is 2. The summed E-state index contributed by atoms with van der Waals surface area (Å²) in [6.07, 6.45) is 3.16. The van der Waals surface area contributed by atoms with E-state index in [0.29, 0.717) is 16.5 Å². The van der Waals surface area contributed by atoms with Gasteiger partial charge in [-0.15, -0.1) is 0 Å². The minimum atomic E-state index is -0.225. The molecule has 0 radical (unpaired) electrons. The second-order valence-corrected chi connectivity index (χ2v) is 5.36. The molecule has 0 aliphatic rings. The molecule has 2 aromatic rings. The van der Waals surface area contributed by atoms with Gasteiger partial charge in [-0.1, -0.05) is 11.6 Å². The fourth-order valence-electron chi connectivity index (χ4n) is 2.04. The highest BCUT2D eigenvalue weighted by Gasteiger charge is 2.03. The molecule has 0 aliphatic heterocycles. The second kappa shape index (κ2) is 7.70. The number of nitrogens with one attached hydrogen (secondary N) is 1. The summed E-state index contributed by atoms with van der Waals surface area (Å²) in [6.45, 7) is 1.89. The largest absolute Gasteiger partial charge is 0.497 e. The average molecular weight is 332 g/mol. The number of ether oxygens (including phenoxy) is 2. The average Bonchev–Trinajstić information content (AvgIpc) is 2.55. The summed E-state index contributed by atoms with van der Waals surface area (Å²) in [5, 5.41) is 3.46. The molecule has 1 N–H and O–H groups in total.